The van der Waals surface area contributed by atoms with Gasteiger partial charge in [0.25, 0.3) is 0 Å². The normalized spacial score (nSPS) is 10.4. The summed E-state index contributed by atoms with van der Waals surface area (Å²) in [5, 5.41) is 8.82. The molecule has 1 aromatic carbocycles. The van der Waals surface area contributed by atoms with Crippen LogP contribution >= 0.6 is 0 Å². The second kappa shape index (κ2) is 4.24. The Balaban J connectivity index is 2.39. The molecule has 0 aliphatic heterocycles. The fourth-order valence-electron chi connectivity index (χ4n) is 1.56. The molecule has 1 heterocycles. The number of furan rings is 1. The van der Waals surface area contributed by atoms with Crippen LogP contribution in [-0.2, 0) is 0 Å². The van der Waals surface area contributed by atoms with Crippen LogP contribution in [0.3, 0.4) is 0 Å². The van der Waals surface area contributed by atoms with Gasteiger partial charge in [-0.1, -0.05) is 26.0 Å². The van der Waals surface area contributed by atoms with Crippen molar-refractivity contribution in [2.45, 2.75) is 19.8 Å². The first-order valence-electron chi connectivity index (χ1n) is 5.31. The van der Waals surface area contributed by atoms with Gasteiger partial charge in [-0.2, -0.15) is 5.26 Å². The van der Waals surface area contributed by atoms with Gasteiger partial charge in [-0.15, -0.1) is 0 Å². The van der Waals surface area contributed by atoms with Gasteiger partial charge < -0.3 is 4.42 Å². The van der Waals surface area contributed by atoms with Crippen molar-refractivity contribution < 1.29 is 4.42 Å². The maximum atomic E-state index is 8.82. The second-order valence-electron chi connectivity index (χ2n) is 4.05. The molecule has 2 rings (SSSR count). The molecule has 16 heavy (non-hydrogen) atoms. The van der Waals surface area contributed by atoms with Gasteiger partial charge in [0, 0.05) is 11.5 Å². The Morgan fingerprint density at radius 3 is 2.62 bits per heavy atom. The number of benzene rings is 1. The average molecular weight is 211 g/mol. The van der Waals surface area contributed by atoms with E-state index in [4.69, 9.17) is 9.68 Å². The first kappa shape index (κ1) is 10.5. The molecule has 80 valence electrons. The molecule has 0 saturated carbocycles. The molecule has 0 amide bonds. The highest BCUT2D eigenvalue weighted by Gasteiger charge is 2.07. The van der Waals surface area contributed by atoms with Crippen molar-refractivity contribution in [1.82, 2.24) is 0 Å². The molecule has 0 atom stereocenters. The van der Waals surface area contributed by atoms with Crippen LogP contribution in [0.25, 0.3) is 11.3 Å². The highest BCUT2D eigenvalue weighted by atomic mass is 16.3. The molecule has 2 aromatic rings. The number of hydrogen-bond acceptors (Lipinski definition) is 2. The third kappa shape index (κ3) is 1.99. The van der Waals surface area contributed by atoms with E-state index >= 15 is 0 Å². The molecular formula is C14H13NO. The third-order valence-corrected chi connectivity index (χ3v) is 2.47. The molecule has 0 N–H and O–H groups in total. The molecule has 0 saturated heterocycles. The Morgan fingerprint density at radius 1 is 1.19 bits per heavy atom. The zero-order valence-corrected chi connectivity index (χ0v) is 9.40. The Labute approximate surface area is 95.1 Å². The first-order chi connectivity index (χ1) is 7.70. The largest absolute Gasteiger partial charge is 0.461 e. The predicted octanol–water partition coefficient (Wildman–Crippen LogP) is 3.94. The molecule has 0 unspecified atom stereocenters. The van der Waals surface area contributed by atoms with Crippen LogP contribution in [0.4, 0.5) is 0 Å². The van der Waals surface area contributed by atoms with Gasteiger partial charge in [-0.05, 0) is 24.3 Å². The summed E-state index contributed by atoms with van der Waals surface area (Å²) in [7, 11) is 0. The first-order valence-corrected chi connectivity index (χ1v) is 5.31. The van der Waals surface area contributed by atoms with E-state index in [0.717, 1.165) is 17.1 Å². The molecule has 0 aliphatic carbocycles. The fourth-order valence-corrected chi connectivity index (χ4v) is 1.56. The zero-order valence-electron chi connectivity index (χ0n) is 9.40. The Kier molecular flexibility index (Phi) is 2.78. The molecule has 0 fully saturated rings. The van der Waals surface area contributed by atoms with Gasteiger partial charge in [0.2, 0.25) is 0 Å². The van der Waals surface area contributed by atoms with Crippen molar-refractivity contribution in [3.05, 3.63) is 47.7 Å². The van der Waals surface area contributed by atoms with E-state index in [1.807, 2.05) is 30.3 Å². The van der Waals surface area contributed by atoms with Crippen LogP contribution in [0.5, 0.6) is 0 Å². The molecule has 0 bridgehead atoms. The number of hydrogen-bond donors (Lipinski definition) is 0. The van der Waals surface area contributed by atoms with E-state index in [1.165, 1.54) is 0 Å². The number of rotatable bonds is 2. The van der Waals surface area contributed by atoms with Crippen LogP contribution in [0, 0.1) is 11.3 Å². The van der Waals surface area contributed by atoms with Crippen LogP contribution in [0.15, 0.2) is 40.8 Å². The Morgan fingerprint density at radius 2 is 2.00 bits per heavy atom. The van der Waals surface area contributed by atoms with Crippen molar-refractivity contribution in [3.8, 4) is 17.4 Å². The highest BCUT2D eigenvalue weighted by molar-refractivity contribution is 5.60. The maximum Gasteiger partial charge on any atom is 0.134 e. The van der Waals surface area contributed by atoms with Gasteiger partial charge in [-0.25, -0.2) is 0 Å². The summed E-state index contributed by atoms with van der Waals surface area (Å²) in [6, 6.07) is 13.5. The van der Waals surface area contributed by atoms with Gasteiger partial charge >= 0.3 is 0 Å². The van der Waals surface area contributed by atoms with Crippen LogP contribution in [-0.4, -0.2) is 0 Å². The lowest BCUT2D eigenvalue weighted by molar-refractivity contribution is 0.498. The highest BCUT2D eigenvalue weighted by Crippen LogP contribution is 2.26. The smallest absolute Gasteiger partial charge is 0.134 e. The average Bonchev–Trinajstić information content (AvgIpc) is 2.78. The van der Waals surface area contributed by atoms with E-state index in [1.54, 1.807) is 6.07 Å². The van der Waals surface area contributed by atoms with Crippen molar-refractivity contribution in [1.29, 1.82) is 5.26 Å². The molecule has 0 spiro atoms. The van der Waals surface area contributed by atoms with Crippen LogP contribution in [0.1, 0.15) is 31.1 Å². The summed E-state index contributed by atoms with van der Waals surface area (Å²) in [5.74, 6) is 2.17. The van der Waals surface area contributed by atoms with Gasteiger partial charge in [0.15, 0.2) is 0 Å². The maximum absolute atomic E-state index is 8.82. The summed E-state index contributed by atoms with van der Waals surface area (Å²) in [6.07, 6.45) is 0. The fraction of sp³-hybridized carbons (Fsp3) is 0.214. The lowest BCUT2D eigenvalue weighted by Crippen LogP contribution is -1.81. The quantitative estimate of drug-likeness (QED) is 0.754. The molecular weight excluding hydrogens is 198 g/mol. The Bertz CT molecular complexity index is 532. The van der Waals surface area contributed by atoms with Crippen molar-refractivity contribution in [3.63, 3.8) is 0 Å². The summed E-state index contributed by atoms with van der Waals surface area (Å²) >= 11 is 0. The van der Waals surface area contributed by atoms with Crippen molar-refractivity contribution >= 4 is 0 Å². The third-order valence-electron chi connectivity index (χ3n) is 2.47. The van der Waals surface area contributed by atoms with E-state index in [9.17, 15) is 0 Å². The molecule has 2 heteroatoms. The second-order valence-corrected chi connectivity index (χ2v) is 4.05. The van der Waals surface area contributed by atoms with Crippen LogP contribution in [0.2, 0.25) is 0 Å². The molecule has 0 radical (unpaired) electrons. The summed E-state index contributed by atoms with van der Waals surface area (Å²) in [6.45, 7) is 4.18. The van der Waals surface area contributed by atoms with Crippen LogP contribution < -0.4 is 0 Å². The molecule has 1 aromatic heterocycles. The summed E-state index contributed by atoms with van der Waals surface area (Å²) in [5.41, 5.74) is 1.60. The minimum absolute atomic E-state index is 0.382. The molecule has 2 nitrogen and oxygen atoms in total. The topological polar surface area (TPSA) is 36.9 Å². The minimum Gasteiger partial charge on any atom is -0.461 e. The Hall–Kier alpha value is -2.01. The van der Waals surface area contributed by atoms with E-state index < -0.39 is 0 Å². The standard InChI is InChI=1S/C14H13NO/c1-10(2)13-6-7-14(16-13)12-5-3-4-11(8-12)9-15/h3-8,10H,1-2H3. The minimum atomic E-state index is 0.382. The van der Waals surface area contributed by atoms with Gasteiger partial charge in [-0.3, -0.25) is 0 Å². The van der Waals surface area contributed by atoms with Crippen molar-refractivity contribution in [2.75, 3.05) is 0 Å². The van der Waals surface area contributed by atoms with Crippen molar-refractivity contribution in [2.24, 2.45) is 0 Å². The number of nitriles is 1. The monoisotopic (exact) mass is 211 g/mol. The summed E-state index contributed by atoms with van der Waals surface area (Å²) in [4.78, 5) is 0. The lowest BCUT2D eigenvalue weighted by atomic mass is 10.1. The van der Waals surface area contributed by atoms with E-state index in [-0.39, 0.29) is 0 Å². The van der Waals surface area contributed by atoms with Gasteiger partial charge in [0.05, 0.1) is 11.6 Å². The zero-order chi connectivity index (χ0) is 11.5. The molecule has 0 aliphatic rings. The van der Waals surface area contributed by atoms with Gasteiger partial charge in [0.1, 0.15) is 11.5 Å². The SMILES string of the molecule is CC(C)c1ccc(-c2cccc(C#N)c2)o1. The summed E-state index contributed by atoms with van der Waals surface area (Å²) < 4.78 is 5.72. The van der Waals surface area contributed by atoms with E-state index in [2.05, 4.69) is 19.9 Å². The predicted molar refractivity (Wildman–Crippen MR) is 62.9 cm³/mol. The number of nitrogens with zero attached hydrogens (tertiary/aromatic N) is 1. The lowest BCUT2D eigenvalue weighted by Gasteiger charge is -2.00. The van der Waals surface area contributed by atoms with E-state index in [0.29, 0.717) is 11.5 Å².